The lowest BCUT2D eigenvalue weighted by Crippen LogP contribution is -2.31. The zero-order valence-corrected chi connectivity index (χ0v) is 10.8. The molecule has 2 aromatic carbocycles. The molecule has 0 bridgehead atoms. The van der Waals surface area contributed by atoms with Crippen molar-refractivity contribution < 1.29 is 19.1 Å². The maximum absolute atomic E-state index is 11.9. The lowest BCUT2D eigenvalue weighted by Gasteiger charge is -2.22. The van der Waals surface area contributed by atoms with Gasteiger partial charge in [0.1, 0.15) is 11.5 Å². The Morgan fingerprint density at radius 3 is 2.29 bits per heavy atom. The van der Waals surface area contributed by atoms with Crippen LogP contribution < -0.4 is 4.74 Å². The monoisotopic (exact) mass is 276 g/mol. The third-order valence-corrected chi connectivity index (χ3v) is 3.60. The van der Waals surface area contributed by atoms with Crippen molar-refractivity contribution in [1.82, 2.24) is 0 Å². The quantitative estimate of drug-likeness (QED) is 0.692. The van der Waals surface area contributed by atoms with E-state index in [1.807, 2.05) is 36.4 Å². The van der Waals surface area contributed by atoms with Crippen molar-refractivity contribution in [3.63, 3.8) is 0 Å². The topological polar surface area (TPSA) is 60.4 Å². The Hall–Kier alpha value is -3.01. The van der Waals surface area contributed by atoms with Gasteiger partial charge in [0.25, 0.3) is 5.78 Å². The first kappa shape index (κ1) is 11.8. The predicted octanol–water partition coefficient (Wildman–Crippen LogP) is 2.22. The molecule has 4 rings (SSSR count). The molecule has 0 N–H and O–H groups in total. The summed E-state index contributed by atoms with van der Waals surface area (Å²) in [7, 11) is 0. The molecule has 1 heterocycles. The molecule has 4 heteroatoms. The Labute approximate surface area is 119 Å². The van der Waals surface area contributed by atoms with E-state index in [0.29, 0.717) is 5.75 Å². The highest BCUT2D eigenvalue weighted by molar-refractivity contribution is 6.71. The Balaban J connectivity index is 1.97. The first-order chi connectivity index (χ1) is 10.1. The van der Waals surface area contributed by atoms with Crippen LogP contribution in [0.5, 0.6) is 5.75 Å². The van der Waals surface area contributed by atoms with E-state index in [9.17, 15) is 14.4 Å². The van der Waals surface area contributed by atoms with Crippen LogP contribution >= 0.6 is 0 Å². The van der Waals surface area contributed by atoms with Crippen molar-refractivity contribution in [2.24, 2.45) is 0 Å². The van der Waals surface area contributed by atoms with Gasteiger partial charge in [-0.3, -0.25) is 14.4 Å². The minimum Gasteiger partial charge on any atom is -0.456 e. The van der Waals surface area contributed by atoms with E-state index in [0.717, 1.165) is 22.4 Å². The van der Waals surface area contributed by atoms with E-state index in [2.05, 4.69) is 0 Å². The molecule has 21 heavy (non-hydrogen) atoms. The number of allylic oxidation sites excluding steroid dienone is 2. The van der Waals surface area contributed by atoms with Gasteiger partial charge in [-0.1, -0.05) is 24.3 Å². The molecule has 1 aliphatic heterocycles. The summed E-state index contributed by atoms with van der Waals surface area (Å²) in [4.78, 5) is 34.8. The number of rotatable bonds is 0. The van der Waals surface area contributed by atoms with Crippen LogP contribution in [0.15, 0.2) is 53.8 Å². The molecule has 0 unspecified atom stereocenters. The summed E-state index contributed by atoms with van der Waals surface area (Å²) >= 11 is 0. The number of carbonyl (C=O) groups excluding carboxylic acids is 3. The number of Topliss-reactive ketones (excluding diaryl/α,β-unsaturated/α-hetero) is 2. The SMILES string of the molecule is O=C1C=C2Oc3cc4ccccc4cc3C=C2C(=O)C1=O. The molecule has 100 valence electrons. The lowest BCUT2D eigenvalue weighted by atomic mass is 9.92. The third-order valence-electron chi connectivity index (χ3n) is 3.60. The fourth-order valence-corrected chi connectivity index (χ4v) is 2.54. The molecular formula is C17H8O4. The van der Waals surface area contributed by atoms with E-state index in [4.69, 9.17) is 4.74 Å². The minimum absolute atomic E-state index is 0.141. The van der Waals surface area contributed by atoms with Crippen molar-refractivity contribution >= 4 is 34.2 Å². The smallest absolute Gasteiger partial charge is 0.273 e. The molecule has 2 aliphatic rings. The van der Waals surface area contributed by atoms with Crippen LogP contribution in [0, 0.1) is 0 Å². The number of ether oxygens (including phenoxy) is 1. The van der Waals surface area contributed by atoms with Crippen molar-refractivity contribution in [2.45, 2.75) is 0 Å². The highest BCUT2D eigenvalue weighted by Gasteiger charge is 2.35. The average molecular weight is 276 g/mol. The molecule has 0 atom stereocenters. The van der Waals surface area contributed by atoms with Crippen LogP contribution in [0.25, 0.3) is 16.8 Å². The summed E-state index contributed by atoms with van der Waals surface area (Å²) in [5, 5.41) is 2.01. The van der Waals surface area contributed by atoms with Gasteiger partial charge in [0.05, 0.1) is 5.57 Å². The van der Waals surface area contributed by atoms with Gasteiger partial charge in [-0.15, -0.1) is 0 Å². The van der Waals surface area contributed by atoms with Gasteiger partial charge in [-0.2, -0.15) is 0 Å². The zero-order valence-electron chi connectivity index (χ0n) is 10.8. The van der Waals surface area contributed by atoms with E-state index >= 15 is 0 Å². The Morgan fingerprint density at radius 2 is 1.52 bits per heavy atom. The molecule has 4 nitrogen and oxygen atoms in total. The standard InChI is InChI=1S/C17H8O4/c18-13-8-15-12(16(19)17(13)20)6-11-5-9-3-1-2-4-10(9)7-14(11)21-15/h1-8H. The molecule has 0 amide bonds. The molecule has 0 spiro atoms. The lowest BCUT2D eigenvalue weighted by molar-refractivity contribution is -0.141. The van der Waals surface area contributed by atoms with Gasteiger partial charge in [-0.25, -0.2) is 0 Å². The zero-order chi connectivity index (χ0) is 14.6. The molecule has 2 aromatic rings. The van der Waals surface area contributed by atoms with E-state index in [1.165, 1.54) is 0 Å². The largest absolute Gasteiger partial charge is 0.456 e. The molecule has 0 saturated carbocycles. The predicted molar refractivity (Wildman–Crippen MR) is 75.7 cm³/mol. The molecule has 0 saturated heterocycles. The van der Waals surface area contributed by atoms with Crippen molar-refractivity contribution in [3.05, 3.63) is 59.4 Å². The van der Waals surface area contributed by atoms with Gasteiger partial charge in [0.15, 0.2) is 0 Å². The van der Waals surface area contributed by atoms with Crippen LogP contribution in [0.1, 0.15) is 5.56 Å². The summed E-state index contributed by atoms with van der Waals surface area (Å²) in [6, 6.07) is 11.5. The Bertz CT molecular complexity index is 916. The van der Waals surface area contributed by atoms with Gasteiger partial charge in [0.2, 0.25) is 11.6 Å². The van der Waals surface area contributed by atoms with Crippen LogP contribution in [-0.4, -0.2) is 17.3 Å². The summed E-state index contributed by atoms with van der Waals surface area (Å²) < 4.78 is 5.63. The van der Waals surface area contributed by atoms with E-state index in [1.54, 1.807) is 6.08 Å². The Kier molecular flexibility index (Phi) is 2.24. The molecule has 0 radical (unpaired) electrons. The van der Waals surface area contributed by atoms with E-state index in [-0.39, 0.29) is 11.3 Å². The maximum atomic E-state index is 11.9. The number of hydrogen-bond acceptors (Lipinski definition) is 4. The van der Waals surface area contributed by atoms with Crippen LogP contribution in [0.2, 0.25) is 0 Å². The highest BCUT2D eigenvalue weighted by atomic mass is 16.5. The number of hydrogen-bond donors (Lipinski definition) is 0. The summed E-state index contributed by atoms with van der Waals surface area (Å²) in [5.41, 5.74) is 0.860. The molecule has 0 aromatic heterocycles. The summed E-state index contributed by atoms with van der Waals surface area (Å²) in [6.07, 6.45) is 2.68. The number of benzene rings is 2. The summed E-state index contributed by atoms with van der Waals surface area (Å²) in [6.45, 7) is 0. The minimum atomic E-state index is -1.02. The fraction of sp³-hybridized carbons (Fsp3) is 0. The molecule has 0 fully saturated rings. The van der Waals surface area contributed by atoms with E-state index < -0.39 is 17.3 Å². The first-order valence-electron chi connectivity index (χ1n) is 6.41. The fourth-order valence-electron chi connectivity index (χ4n) is 2.54. The number of carbonyl (C=O) groups is 3. The second-order valence-electron chi connectivity index (χ2n) is 4.93. The van der Waals surface area contributed by atoms with Crippen LogP contribution in [0.3, 0.4) is 0 Å². The third kappa shape index (κ3) is 1.66. The van der Waals surface area contributed by atoms with Crippen molar-refractivity contribution in [3.8, 4) is 5.75 Å². The van der Waals surface area contributed by atoms with Gasteiger partial charge >= 0.3 is 0 Å². The number of ketones is 3. The average Bonchev–Trinajstić information content (AvgIpc) is 2.49. The molecule has 1 aliphatic carbocycles. The van der Waals surface area contributed by atoms with Gasteiger partial charge < -0.3 is 4.74 Å². The number of fused-ring (bicyclic) bond motifs is 3. The van der Waals surface area contributed by atoms with Crippen molar-refractivity contribution in [1.29, 1.82) is 0 Å². The molecular weight excluding hydrogens is 268 g/mol. The second-order valence-corrected chi connectivity index (χ2v) is 4.93. The van der Waals surface area contributed by atoms with Gasteiger partial charge in [-0.05, 0) is 29.0 Å². The summed E-state index contributed by atoms with van der Waals surface area (Å²) in [5.74, 6) is -1.95. The van der Waals surface area contributed by atoms with Crippen LogP contribution in [0.4, 0.5) is 0 Å². The highest BCUT2D eigenvalue weighted by Crippen LogP contribution is 2.36. The van der Waals surface area contributed by atoms with Gasteiger partial charge in [0, 0.05) is 11.6 Å². The first-order valence-corrected chi connectivity index (χ1v) is 6.41. The Morgan fingerprint density at radius 1 is 0.810 bits per heavy atom. The van der Waals surface area contributed by atoms with Crippen molar-refractivity contribution in [2.75, 3.05) is 0 Å². The second kappa shape index (κ2) is 3.99. The van der Waals surface area contributed by atoms with Crippen LogP contribution in [-0.2, 0) is 14.4 Å². The maximum Gasteiger partial charge on any atom is 0.273 e. The normalized spacial score (nSPS) is 16.9.